The Morgan fingerprint density at radius 3 is 2.68 bits per heavy atom. The summed E-state index contributed by atoms with van der Waals surface area (Å²) < 4.78 is 4.75. The van der Waals surface area contributed by atoms with Crippen molar-refractivity contribution in [2.75, 3.05) is 18.6 Å². The number of carbonyl (C=O) groups is 3. The van der Waals surface area contributed by atoms with Crippen molar-refractivity contribution in [2.45, 2.75) is 25.3 Å². The molecule has 2 aliphatic rings. The highest BCUT2D eigenvalue weighted by Crippen LogP contribution is 2.29. The van der Waals surface area contributed by atoms with Gasteiger partial charge in [0.2, 0.25) is 11.8 Å². The molecule has 1 aliphatic carbocycles. The molecule has 1 unspecified atom stereocenters. The number of ether oxygens (including phenoxy) is 1. The molecule has 1 aromatic carbocycles. The van der Waals surface area contributed by atoms with Gasteiger partial charge in [-0.3, -0.25) is 9.59 Å². The molecule has 1 N–H and O–H groups in total. The maximum atomic E-state index is 12.2. The van der Waals surface area contributed by atoms with Gasteiger partial charge in [-0.15, -0.1) is 0 Å². The minimum absolute atomic E-state index is 0.0751. The Labute approximate surface area is 128 Å². The minimum atomic E-state index is -0.491. The molecule has 3 rings (SSSR count). The van der Waals surface area contributed by atoms with Crippen LogP contribution in [0.25, 0.3) is 0 Å². The van der Waals surface area contributed by atoms with E-state index in [4.69, 9.17) is 4.74 Å². The second-order valence-electron chi connectivity index (χ2n) is 5.70. The molecule has 1 aromatic rings. The lowest BCUT2D eigenvalue weighted by atomic mass is 10.1. The van der Waals surface area contributed by atoms with Gasteiger partial charge in [-0.05, 0) is 25.0 Å². The van der Waals surface area contributed by atoms with Crippen LogP contribution in [0, 0.1) is 5.92 Å². The third-order valence-electron chi connectivity index (χ3n) is 4.02. The summed E-state index contributed by atoms with van der Waals surface area (Å²) in [5.74, 6) is -1.07. The zero-order chi connectivity index (χ0) is 15.7. The van der Waals surface area contributed by atoms with Gasteiger partial charge in [-0.2, -0.15) is 0 Å². The van der Waals surface area contributed by atoms with Crippen LogP contribution in [0.2, 0.25) is 0 Å². The van der Waals surface area contributed by atoms with Gasteiger partial charge in [0.1, 0.15) is 0 Å². The van der Waals surface area contributed by atoms with E-state index >= 15 is 0 Å². The number of amides is 2. The topological polar surface area (TPSA) is 75.7 Å². The summed E-state index contributed by atoms with van der Waals surface area (Å²) in [5, 5.41) is 2.93. The van der Waals surface area contributed by atoms with Gasteiger partial charge in [0.15, 0.2) is 0 Å². The normalized spacial score (nSPS) is 20.9. The maximum absolute atomic E-state index is 12.2. The molecule has 0 bridgehead atoms. The lowest BCUT2D eigenvalue weighted by molar-refractivity contribution is -0.126. The van der Waals surface area contributed by atoms with Crippen molar-refractivity contribution in [1.29, 1.82) is 0 Å². The van der Waals surface area contributed by atoms with Gasteiger partial charge in [0.05, 0.1) is 24.3 Å². The largest absolute Gasteiger partial charge is 0.465 e. The Morgan fingerprint density at radius 1 is 1.27 bits per heavy atom. The molecule has 22 heavy (non-hydrogen) atoms. The highest BCUT2D eigenvalue weighted by molar-refractivity contribution is 6.05. The molecule has 2 fully saturated rings. The Balaban J connectivity index is 1.79. The summed E-state index contributed by atoms with van der Waals surface area (Å²) in [7, 11) is 1.30. The van der Waals surface area contributed by atoms with E-state index in [1.165, 1.54) is 12.0 Å². The van der Waals surface area contributed by atoms with Crippen molar-refractivity contribution in [2.24, 2.45) is 5.92 Å². The molecular formula is C16H18N2O4. The lowest BCUT2D eigenvalue weighted by Gasteiger charge is -2.19. The summed E-state index contributed by atoms with van der Waals surface area (Å²) in [5.41, 5.74) is 0.836. The van der Waals surface area contributed by atoms with Gasteiger partial charge in [-0.25, -0.2) is 4.79 Å². The lowest BCUT2D eigenvalue weighted by Crippen LogP contribution is -2.34. The summed E-state index contributed by atoms with van der Waals surface area (Å²) in [6, 6.07) is 7.07. The Hall–Kier alpha value is -2.37. The van der Waals surface area contributed by atoms with Crippen LogP contribution in [0.15, 0.2) is 24.3 Å². The summed E-state index contributed by atoms with van der Waals surface area (Å²) in [4.78, 5) is 37.7. The van der Waals surface area contributed by atoms with Crippen molar-refractivity contribution in [3.05, 3.63) is 29.8 Å². The SMILES string of the molecule is COC(=O)c1ccccc1N1CC(C(=O)NC2CC2)CC1=O. The number of carbonyl (C=O) groups excluding carboxylic acids is 3. The molecule has 6 heteroatoms. The summed E-state index contributed by atoms with van der Waals surface area (Å²) in [6.07, 6.45) is 2.21. The van der Waals surface area contributed by atoms with Gasteiger partial charge in [0.25, 0.3) is 0 Å². The number of hydrogen-bond acceptors (Lipinski definition) is 4. The second kappa shape index (κ2) is 5.79. The van der Waals surface area contributed by atoms with E-state index in [9.17, 15) is 14.4 Å². The maximum Gasteiger partial charge on any atom is 0.339 e. The van der Waals surface area contributed by atoms with Gasteiger partial charge >= 0.3 is 5.97 Å². The number of hydrogen-bond donors (Lipinski definition) is 1. The van der Waals surface area contributed by atoms with Gasteiger partial charge in [-0.1, -0.05) is 12.1 Å². The predicted octanol–water partition coefficient (Wildman–Crippen LogP) is 1.10. The number of rotatable bonds is 4. The third-order valence-corrected chi connectivity index (χ3v) is 4.02. The monoisotopic (exact) mass is 302 g/mol. The summed E-state index contributed by atoms with van der Waals surface area (Å²) in [6.45, 7) is 0.297. The van der Waals surface area contributed by atoms with E-state index in [1.807, 2.05) is 0 Å². The average Bonchev–Trinajstić information content (AvgIpc) is 3.26. The Morgan fingerprint density at radius 2 is 2.00 bits per heavy atom. The summed E-state index contributed by atoms with van der Waals surface area (Å²) >= 11 is 0. The standard InChI is InChI=1S/C16H18N2O4/c1-22-16(21)12-4-2-3-5-13(12)18-9-10(8-14(18)19)15(20)17-11-6-7-11/h2-5,10-11H,6-9H2,1H3,(H,17,20). The Kier molecular flexibility index (Phi) is 3.83. The van der Waals surface area contributed by atoms with Crippen LogP contribution in [0.5, 0.6) is 0 Å². The molecule has 0 spiro atoms. The number of nitrogens with zero attached hydrogens (tertiary/aromatic N) is 1. The molecule has 0 radical (unpaired) electrons. The highest BCUT2D eigenvalue weighted by Gasteiger charge is 2.38. The van der Waals surface area contributed by atoms with E-state index in [-0.39, 0.29) is 30.2 Å². The molecule has 0 aromatic heterocycles. The molecular weight excluding hydrogens is 284 g/mol. The highest BCUT2D eigenvalue weighted by atomic mass is 16.5. The fraction of sp³-hybridized carbons (Fsp3) is 0.438. The van der Waals surface area contributed by atoms with Crippen molar-refractivity contribution in [1.82, 2.24) is 5.32 Å². The van der Waals surface area contributed by atoms with Crippen LogP contribution in [0.4, 0.5) is 5.69 Å². The number of para-hydroxylation sites is 1. The first-order chi connectivity index (χ1) is 10.6. The number of esters is 1. The molecule has 116 valence electrons. The zero-order valence-electron chi connectivity index (χ0n) is 12.4. The van der Waals surface area contributed by atoms with E-state index in [2.05, 4.69) is 5.32 Å². The van der Waals surface area contributed by atoms with E-state index in [0.717, 1.165) is 12.8 Å². The fourth-order valence-corrected chi connectivity index (χ4v) is 2.65. The third kappa shape index (κ3) is 2.81. The smallest absolute Gasteiger partial charge is 0.339 e. The molecule has 6 nitrogen and oxygen atoms in total. The quantitative estimate of drug-likeness (QED) is 0.845. The fourth-order valence-electron chi connectivity index (χ4n) is 2.65. The molecule has 1 aliphatic heterocycles. The van der Waals surface area contributed by atoms with Crippen LogP contribution in [-0.4, -0.2) is 37.5 Å². The number of benzene rings is 1. The Bertz CT molecular complexity index is 624. The van der Waals surface area contributed by atoms with Gasteiger partial charge in [0, 0.05) is 19.0 Å². The number of methoxy groups -OCH3 is 1. The first-order valence-corrected chi connectivity index (χ1v) is 7.38. The molecule has 1 heterocycles. The van der Waals surface area contributed by atoms with Gasteiger partial charge < -0.3 is 15.0 Å². The number of anilines is 1. The van der Waals surface area contributed by atoms with Crippen molar-refractivity contribution < 1.29 is 19.1 Å². The molecule has 1 saturated heterocycles. The van der Waals surface area contributed by atoms with Crippen LogP contribution in [-0.2, 0) is 14.3 Å². The first-order valence-electron chi connectivity index (χ1n) is 7.38. The van der Waals surface area contributed by atoms with Crippen LogP contribution in [0.1, 0.15) is 29.6 Å². The van der Waals surface area contributed by atoms with Crippen LogP contribution >= 0.6 is 0 Å². The minimum Gasteiger partial charge on any atom is -0.465 e. The molecule has 1 saturated carbocycles. The van der Waals surface area contributed by atoms with Crippen molar-refractivity contribution in [3.63, 3.8) is 0 Å². The van der Waals surface area contributed by atoms with Crippen molar-refractivity contribution in [3.8, 4) is 0 Å². The first kappa shape index (κ1) is 14.6. The molecule has 1 atom stereocenters. The van der Waals surface area contributed by atoms with E-state index < -0.39 is 5.97 Å². The second-order valence-corrected chi connectivity index (χ2v) is 5.70. The van der Waals surface area contributed by atoms with Crippen molar-refractivity contribution >= 4 is 23.5 Å². The zero-order valence-corrected chi connectivity index (χ0v) is 12.4. The van der Waals surface area contributed by atoms with Crippen LogP contribution < -0.4 is 10.2 Å². The van der Waals surface area contributed by atoms with Crippen LogP contribution in [0.3, 0.4) is 0 Å². The average molecular weight is 302 g/mol. The number of nitrogens with one attached hydrogen (secondary N) is 1. The van der Waals surface area contributed by atoms with E-state index in [1.54, 1.807) is 24.3 Å². The predicted molar refractivity (Wildman–Crippen MR) is 79.4 cm³/mol. The molecule has 2 amide bonds. The van der Waals surface area contributed by atoms with E-state index in [0.29, 0.717) is 17.8 Å².